The maximum Gasteiger partial charge on any atom is 0.238 e. The predicted octanol–water partition coefficient (Wildman–Crippen LogP) is 5.23. The lowest BCUT2D eigenvalue weighted by atomic mass is 9.53. The molecule has 2 saturated carbocycles. The van der Waals surface area contributed by atoms with Gasteiger partial charge in [0.15, 0.2) is 0 Å². The summed E-state index contributed by atoms with van der Waals surface area (Å²) in [6.45, 7) is 4.42. The van der Waals surface area contributed by atoms with Crippen LogP contribution in [-0.2, 0) is 15.0 Å². The number of hydrogen-bond acceptors (Lipinski definition) is 5. The monoisotopic (exact) mass is 588 g/mol. The van der Waals surface area contributed by atoms with Crippen molar-refractivity contribution in [2.24, 2.45) is 5.41 Å². The van der Waals surface area contributed by atoms with Crippen LogP contribution >= 0.6 is 23.2 Å². The largest absolute Gasteiger partial charge is 0.393 e. The molecule has 0 radical (unpaired) electrons. The Hall–Kier alpha value is -2.26. The molecule has 0 bridgehead atoms. The fraction of sp³-hybridized carbons (Fsp3) is 0.567. The topological polar surface area (TPSA) is 103 Å². The van der Waals surface area contributed by atoms with E-state index in [-0.39, 0.29) is 45.1 Å². The molecule has 1 saturated heterocycles. The van der Waals surface area contributed by atoms with E-state index < -0.39 is 28.7 Å². The third kappa shape index (κ3) is 4.25. The summed E-state index contributed by atoms with van der Waals surface area (Å²) < 4.78 is 16.0. The van der Waals surface area contributed by atoms with E-state index in [0.29, 0.717) is 49.9 Å². The number of pyridine rings is 1. The van der Waals surface area contributed by atoms with E-state index >= 15 is 4.39 Å². The first-order valence-corrected chi connectivity index (χ1v) is 14.9. The van der Waals surface area contributed by atoms with Crippen molar-refractivity contribution in [3.05, 3.63) is 57.5 Å². The summed E-state index contributed by atoms with van der Waals surface area (Å²) in [4.78, 5) is 33.0. The van der Waals surface area contributed by atoms with Gasteiger partial charge in [0.1, 0.15) is 22.2 Å². The second-order valence-corrected chi connectivity index (χ2v) is 13.6. The summed E-state index contributed by atoms with van der Waals surface area (Å²) >= 11 is 12.5. The van der Waals surface area contributed by atoms with Crippen LogP contribution in [0.3, 0.4) is 0 Å². The van der Waals surface area contributed by atoms with Crippen LogP contribution in [0.5, 0.6) is 0 Å². The van der Waals surface area contributed by atoms with Gasteiger partial charge in [-0.05, 0) is 74.5 Å². The van der Waals surface area contributed by atoms with Gasteiger partial charge in [-0.3, -0.25) is 14.9 Å². The van der Waals surface area contributed by atoms with Gasteiger partial charge < -0.3 is 15.7 Å². The third-order valence-electron chi connectivity index (χ3n) is 9.96. The van der Waals surface area contributed by atoms with Gasteiger partial charge in [0.05, 0.1) is 17.2 Å². The van der Waals surface area contributed by atoms with Crippen molar-refractivity contribution in [1.82, 2.24) is 15.6 Å². The quantitative estimate of drug-likeness (QED) is 0.367. The number of aliphatic hydroxyl groups is 1. The Kier molecular flexibility index (Phi) is 6.92. The van der Waals surface area contributed by atoms with Gasteiger partial charge in [-0.15, -0.1) is 0 Å². The van der Waals surface area contributed by atoms with Crippen LogP contribution in [0.25, 0.3) is 0 Å². The molecule has 2 spiro atoms. The van der Waals surface area contributed by atoms with E-state index in [2.05, 4.69) is 34.8 Å². The maximum absolute atomic E-state index is 16.0. The van der Waals surface area contributed by atoms with Gasteiger partial charge >= 0.3 is 0 Å². The molecule has 2 aromatic rings. The van der Waals surface area contributed by atoms with Crippen molar-refractivity contribution >= 4 is 40.8 Å². The van der Waals surface area contributed by atoms with Gasteiger partial charge in [0, 0.05) is 23.1 Å². The second-order valence-electron chi connectivity index (χ2n) is 12.8. The lowest BCUT2D eigenvalue weighted by Crippen LogP contribution is -2.61. The van der Waals surface area contributed by atoms with Crippen LogP contribution in [0.2, 0.25) is 10.2 Å². The Labute approximate surface area is 243 Å². The number of carbonyl (C=O) groups excluding carboxylic acids is 2. The van der Waals surface area contributed by atoms with Crippen LogP contribution < -0.4 is 16.0 Å². The molecule has 4 aliphatic rings. The number of aliphatic hydroxyl groups excluding tert-OH is 1. The SMILES string of the molecule is CC1(C)CCC2(CC1)N[C@@H](C(=O)NC1CCC(O)CC1)[C@H](c1cccc(Cl)c1F)[C@]21C(=O)Nc2nc(Cl)ccc21. The molecule has 1 aromatic heterocycles. The fourth-order valence-electron chi connectivity index (χ4n) is 7.80. The molecule has 2 amide bonds. The summed E-state index contributed by atoms with van der Waals surface area (Å²) in [6.07, 6.45) is 5.07. The normalized spacial score (nSPS) is 32.2. The van der Waals surface area contributed by atoms with Gasteiger partial charge in [0.2, 0.25) is 11.8 Å². The first-order valence-electron chi connectivity index (χ1n) is 14.2. The van der Waals surface area contributed by atoms with Crippen molar-refractivity contribution in [2.45, 2.75) is 100 Å². The van der Waals surface area contributed by atoms with Crippen molar-refractivity contribution < 1.29 is 19.1 Å². The fourth-order valence-corrected chi connectivity index (χ4v) is 8.13. The number of rotatable bonds is 3. The predicted molar refractivity (Wildman–Crippen MR) is 152 cm³/mol. The lowest BCUT2D eigenvalue weighted by Gasteiger charge is -2.50. The van der Waals surface area contributed by atoms with Gasteiger partial charge in [-0.2, -0.15) is 0 Å². The minimum atomic E-state index is -1.33. The molecule has 1 aromatic carbocycles. The number of nitrogens with zero attached hydrogens (tertiary/aromatic N) is 1. The average Bonchev–Trinajstić information content (AvgIpc) is 3.37. The number of fused-ring (bicyclic) bond motifs is 3. The molecule has 40 heavy (non-hydrogen) atoms. The van der Waals surface area contributed by atoms with E-state index in [1.807, 2.05) is 0 Å². The number of amides is 2. The maximum atomic E-state index is 16.0. The highest BCUT2D eigenvalue weighted by molar-refractivity contribution is 6.31. The number of halogens is 3. The summed E-state index contributed by atoms with van der Waals surface area (Å²) in [5.41, 5.74) is -1.26. The Bertz CT molecular complexity index is 1350. The molecule has 6 rings (SSSR count). The molecule has 214 valence electrons. The number of hydrogen-bond donors (Lipinski definition) is 4. The summed E-state index contributed by atoms with van der Waals surface area (Å²) in [5.74, 6) is -1.78. The van der Waals surface area contributed by atoms with Gasteiger partial charge in [-0.1, -0.05) is 55.2 Å². The average molecular weight is 590 g/mol. The number of carbonyl (C=O) groups is 2. The Morgan fingerprint density at radius 3 is 2.48 bits per heavy atom. The highest BCUT2D eigenvalue weighted by Gasteiger charge is 2.73. The Morgan fingerprint density at radius 1 is 1.07 bits per heavy atom. The van der Waals surface area contributed by atoms with E-state index in [1.54, 1.807) is 24.3 Å². The molecular formula is C30H35Cl2FN4O3. The summed E-state index contributed by atoms with van der Waals surface area (Å²) in [6, 6.07) is 7.19. The summed E-state index contributed by atoms with van der Waals surface area (Å²) in [5, 5.41) is 19.9. The minimum absolute atomic E-state index is 0.0599. The molecule has 3 fully saturated rings. The number of aromatic nitrogens is 1. The molecule has 0 unspecified atom stereocenters. The van der Waals surface area contributed by atoms with Crippen LogP contribution in [-0.4, -0.2) is 45.6 Å². The zero-order chi connectivity index (χ0) is 28.4. The second kappa shape index (κ2) is 9.93. The van der Waals surface area contributed by atoms with Crippen molar-refractivity contribution in [3.8, 4) is 0 Å². The number of nitrogens with one attached hydrogen (secondary N) is 3. The Balaban J connectivity index is 1.54. The van der Waals surface area contributed by atoms with Crippen molar-refractivity contribution in [1.29, 1.82) is 0 Å². The Morgan fingerprint density at radius 2 is 1.77 bits per heavy atom. The van der Waals surface area contributed by atoms with Crippen LogP contribution in [0.15, 0.2) is 30.3 Å². The van der Waals surface area contributed by atoms with Crippen LogP contribution in [0.4, 0.5) is 10.2 Å². The van der Waals surface area contributed by atoms with E-state index in [0.717, 1.165) is 12.8 Å². The molecule has 2 aliphatic carbocycles. The smallest absolute Gasteiger partial charge is 0.238 e. The molecule has 4 N–H and O–H groups in total. The number of anilines is 1. The van der Waals surface area contributed by atoms with Gasteiger partial charge in [-0.25, -0.2) is 9.37 Å². The lowest BCUT2D eigenvalue weighted by molar-refractivity contribution is -0.125. The number of benzene rings is 1. The standard InChI is InChI=1S/C30H35Cl2FN4O3/c1-28(2)12-14-29(15-13-28)30(19-10-11-21(32)35-25(19)36-27(30)40)22(18-4-3-5-20(31)23(18)33)24(37-29)26(39)34-16-6-8-17(38)9-7-16/h3-5,10-11,16-17,22,24,37-38H,6-9,12-15H2,1-2H3,(H,34,39)(H,35,36,40)/t16?,17?,22-,24+,30+/m0/s1. The highest BCUT2D eigenvalue weighted by Crippen LogP contribution is 2.63. The van der Waals surface area contributed by atoms with E-state index in [1.165, 1.54) is 6.07 Å². The molecular weight excluding hydrogens is 554 g/mol. The molecule has 3 atom stereocenters. The van der Waals surface area contributed by atoms with Gasteiger partial charge in [0.25, 0.3) is 0 Å². The third-order valence-corrected chi connectivity index (χ3v) is 10.5. The minimum Gasteiger partial charge on any atom is -0.393 e. The van der Waals surface area contributed by atoms with E-state index in [4.69, 9.17) is 23.2 Å². The first-order chi connectivity index (χ1) is 19.0. The first kappa shape index (κ1) is 27.9. The van der Waals surface area contributed by atoms with Crippen LogP contribution in [0, 0.1) is 11.2 Å². The summed E-state index contributed by atoms with van der Waals surface area (Å²) in [7, 11) is 0. The molecule has 10 heteroatoms. The van der Waals surface area contributed by atoms with Crippen LogP contribution in [0.1, 0.15) is 82.3 Å². The molecule has 7 nitrogen and oxygen atoms in total. The highest BCUT2D eigenvalue weighted by atomic mass is 35.5. The zero-order valence-corrected chi connectivity index (χ0v) is 24.2. The van der Waals surface area contributed by atoms with Crippen molar-refractivity contribution in [3.63, 3.8) is 0 Å². The zero-order valence-electron chi connectivity index (χ0n) is 22.7. The van der Waals surface area contributed by atoms with Crippen molar-refractivity contribution in [2.75, 3.05) is 5.32 Å². The molecule has 3 heterocycles. The van der Waals surface area contributed by atoms with E-state index in [9.17, 15) is 14.7 Å². The molecule has 2 aliphatic heterocycles.